The Morgan fingerprint density at radius 1 is 1.03 bits per heavy atom. The normalized spacial score (nSPS) is 10.8. The number of carbonyl (C=O) groups excluding carboxylic acids is 1. The van der Waals surface area contributed by atoms with Crippen LogP contribution in [0.4, 0.5) is 0 Å². The predicted molar refractivity (Wildman–Crippen MR) is 111 cm³/mol. The summed E-state index contributed by atoms with van der Waals surface area (Å²) < 4.78 is 7.90. The van der Waals surface area contributed by atoms with Crippen molar-refractivity contribution in [3.8, 4) is 5.75 Å². The molecule has 0 aliphatic rings. The van der Waals surface area contributed by atoms with Crippen molar-refractivity contribution < 1.29 is 9.53 Å². The van der Waals surface area contributed by atoms with E-state index in [4.69, 9.17) is 4.74 Å². The van der Waals surface area contributed by atoms with Gasteiger partial charge in [-0.25, -0.2) is 4.98 Å². The lowest BCUT2D eigenvalue weighted by molar-refractivity contribution is 0.0791. The molecule has 1 aromatic carbocycles. The molecule has 6 heteroatoms. The number of hydrogen-bond donors (Lipinski definition) is 0. The number of fused-ring (bicyclic) bond motifs is 1. The highest BCUT2D eigenvalue weighted by Crippen LogP contribution is 2.21. The first-order valence-corrected chi connectivity index (χ1v) is 9.50. The molecule has 6 nitrogen and oxygen atoms in total. The average molecular weight is 386 g/mol. The Balaban J connectivity index is 1.43. The van der Waals surface area contributed by atoms with E-state index in [2.05, 4.69) is 9.97 Å². The Morgan fingerprint density at radius 3 is 2.69 bits per heavy atom. The third-order valence-electron chi connectivity index (χ3n) is 4.68. The maximum absolute atomic E-state index is 12.9. The fourth-order valence-electron chi connectivity index (χ4n) is 3.11. The molecule has 0 saturated carbocycles. The Labute approximate surface area is 169 Å². The van der Waals surface area contributed by atoms with Gasteiger partial charge in [-0.2, -0.15) is 0 Å². The van der Waals surface area contributed by atoms with Crippen molar-refractivity contribution in [2.75, 3.05) is 13.6 Å². The highest BCUT2D eigenvalue weighted by atomic mass is 16.5. The predicted octanol–water partition coefficient (Wildman–Crippen LogP) is 3.62. The molecule has 4 aromatic rings. The fraction of sp³-hybridized carbons (Fsp3) is 0.174. The van der Waals surface area contributed by atoms with Crippen LogP contribution < -0.4 is 4.74 Å². The monoisotopic (exact) mass is 386 g/mol. The Bertz CT molecular complexity index is 1080. The number of carbonyl (C=O) groups is 1. The summed E-state index contributed by atoms with van der Waals surface area (Å²) >= 11 is 0. The van der Waals surface area contributed by atoms with Gasteiger partial charge in [0.2, 0.25) is 0 Å². The second-order valence-electron chi connectivity index (χ2n) is 6.78. The first-order valence-electron chi connectivity index (χ1n) is 9.50. The zero-order valence-corrected chi connectivity index (χ0v) is 16.2. The van der Waals surface area contributed by atoms with Crippen LogP contribution in [0.1, 0.15) is 21.7 Å². The number of likely N-dealkylation sites (N-methyl/N-ethyl adjacent to an activating group) is 1. The van der Waals surface area contributed by atoms with Crippen LogP contribution in [-0.2, 0) is 13.0 Å². The van der Waals surface area contributed by atoms with Gasteiger partial charge in [-0.05, 0) is 36.4 Å². The van der Waals surface area contributed by atoms with Crippen LogP contribution in [0.3, 0.4) is 0 Å². The van der Waals surface area contributed by atoms with Crippen LogP contribution in [0.5, 0.6) is 5.75 Å². The van der Waals surface area contributed by atoms with Crippen LogP contribution in [0.15, 0.2) is 79.3 Å². The number of rotatable bonds is 7. The van der Waals surface area contributed by atoms with Crippen LogP contribution in [0.2, 0.25) is 0 Å². The van der Waals surface area contributed by atoms with Crippen LogP contribution in [-0.4, -0.2) is 38.8 Å². The van der Waals surface area contributed by atoms with E-state index < -0.39 is 0 Å². The topological polar surface area (TPSA) is 59.7 Å². The number of aromatic nitrogens is 3. The summed E-state index contributed by atoms with van der Waals surface area (Å²) in [6, 6.07) is 19.0. The molecule has 0 unspecified atom stereocenters. The highest BCUT2D eigenvalue weighted by molar-refractivity contribution is 5.96. The summed E-state index contributed by atoms with van der Waals surface area (Å²) in [6.45, 7) is 0.875. The van der Waals surface area contributed by atoms with Gasteiger partial charge in [0, 0.05) is 44.3 Å². The summed E-state index contributed by atoms with van der Waals surface area (Å²) in [5, 5.41) is 0. The van der Waals surface area contributed by atoms with E-state index >= 15 is 0 Å². The lowest BCUT2D eigenvalue weighted by Crippen LogP contribution is -2.29. The molecule has 0 radical (unpaired) electrons. The molecule has 0 aliphatic heterocycles. The van der Waals surface area contributed by atoms with E-state index in [0.717, 1.165) is 17.0 Å². The molecule has 29 heavy (non-hydrogen) atoms. The molecule has 3 aromatic heterocycles. The second-order valence-corrected chi connectivity index (χ2v) is 6.78. The third kappa shape index (κ3) is 4.43. The summed E-state index contributed by atoms with van der Waals surface area (Å²) in [5.41, 5.74) is 3.18. The zero-order valence-electron chi connectivity index (χ0n) is 16.2. The molecule has 0 atom stereocenters. The minimum atomic E-state index is -0.0773. The summed E-state index contributed by atoms with van der Waals surface area (Å²) in [6.07, 6.45) is 6.34. The maximum atomic E-state index is 12.9. The van der Waals surface area contributed by atoms with Gasteiger partial charge in [0.25, 0.3) is 5.91 Å². The lowest BCUT2D eigenvalue weighted by Gasteiger charge is -2.19. The summed E-state index contributed by atoms with van der Waals surface area (Å²) in [5.74, 6) is 0.478. The molecular formula is C23H22N4O2. The minimum Gasteiger partial charge on any atom is -0.486 e. The van der Waals surface area contributed by atoms with E-state index in [-0.39, 0.29) is 5.91 Å². The Kier molecular flexibility index (Phi) is 5.52. The first kappa shape index (κ1) is 18.7. The SMILES string of the molecule is CN(CCc1ccccn1)C(=O)c1ccccc1OCc1cn2ccccc2n1. The molecule has 0 fully saturated rings. The molecule has 1 amide bonds. The smallest absolute Gasteiger partial charge is 0.257 e. The molecule has 0 N–H and O–H groups in total. The molecule has 146 valence electrons. The Morgan fingerprint density at radius 2 is 1.86 bits per heavy atom. The molecule has 4 rings (SSSR count). The van der Waals surface area contributed by atoms with Crippen molar-refractivity contribution in [3.05, 3.63) is 96.2 Å². The van der Waals surface area contributed by atoms with Gasteiger partial charge >= 0.3 is 0 Å². The number of ether oxygens (including phenoxy) is 1. The van der Waals surface area contributed by atoms with Crippen molar-refractivity contribution in [3.63, 3.8) is 0 Å². The van der Waals surface area contributed by atoms with E-state index in [1.54, 1.807) is 24.2 Å². The number of nitrogens with zero attached hydrogens (tertiary/aromatic N) is 4. The van der Waals surface area contributed by atoms with Gasteiger partial charge in [-0.1, -0.05) is 24.3 Å². The van der Waals surface area contributed by atoms with Gasteiger partial charge in [0.1, 0.15) is 18.0 Å². The van der Waals surface area contributed by atoms with Crippen molar-refractivity contribution in [2.24, 2.45) is 0 Å². The Hall–Kier alpha value is -3.67. The maximum Gasteiger partial charge on any atom is 0.257 e. The van der Waals surface area contributed by atoms with Crippen molar-refractivity contribution in [1.82, 2.24) is 19.3 Å². The van der Waals surface area contributed by atoms with Gasteiger partial charge in [-0.15, -0.1) is 0 Å². The van der Waals surface area contributed by atoms with Crippen LogP contribution in [0, 0.1) is 0 Å². The van der Waals surface area contributed by atoms with E-state index in [9.17, 15) is 4.79 Å². The molecule has 0 aliphatic carbocycles. The number of pyridine rings is 2. The van der Waals surface area contributed by atoms with Gasteiger partial charge < -0.3 is 14.0 Å². The molecular weight excluding hydrogens is 364 g/mol. The van der Waals surface area contributed by atoms with Gasteiger partial charge in [0.15, 0.2) is 0 Å². The summed E-state index contributed by atoms with van der Waals surface area (Å²) in [7, 11) is 1.80. The zero-order chi connectivity index (χ0) is 20.1. The van der Waals surface area contributed by atoms with Crippen LogP contribution in [0.25, 0.3) is 5.65 Å². The van der Waals surface area contributed by atoms with Crippen molar-refractivity contribution in [1.29, 1.82) is 0 Å². The standard InChI is InChI=1S/C23H22N4O2/c1-26(15-12-18-8-4-6-13-24-18)23(28)20-9-2-3-10-21(20)29-17-19-16-27-14-7-5-11-22(27)25-19/h2-11,13-14,16H,12,15,17H2,1H3. The quantitative estimate of drug-likeness (QED) is 0.487. The molecule has 3 heterocycles. The highest BCUT2D eigenvalue weighted by Gasteiger charge is 2.17. The first-order chi connectivity index (χ1) is 14.2. The third-order valence-corrected chi connectivity index (χ3v) is 4.68. The van der Waals surface area contributed by atoms with E-state index in [1.807, 2.05) is 71.4 Å². The van der Waals surface area contributed by atoms with E-state index in [1.165, 1.54) is 0 Å². The molecule has 0 bridgehead atoms. The van der Waals surface area contributed by atoms with Crippen LogP contribution >= 0.6 is 0 Å². The summed E-state index contributed by atoms with van der Waals surface area (Å²) in [4.78, 5) is 23.5. The minimum absolute atomic E-state index is 0.0773. The number of hydrogen-bond acceptors (Lipinski definition) is 4. The van der Waals surface area contributed by atoms with Gasteiger partial charge in [0.05, 0.1) is 11.3 Å². The fourth-order valence-corrected chi connectivity index (χ4v) is 3.11. The molecule has 0 spiro atoms. The number of benzene rings is 1. The van der Waals surface area contributed by atoms with Gasteiger partial charge in [-0.3, -0.25) is 9.78 Å². The number of imidazole rings is 1. The van der Waals surface area contributed by atoms with E-state index in [0.29, 0.717) is 30.9 Å². The number of amides is 1. The van der Waals surface area contributed by atoms with Crippen molar-refractivity contribution >= 4 is 11.6 Å². The average Bonchev–Trinajstić information content (AvgIpc) is 3.19. The lowest BCUT2D eigenvalue weighted by atomic mass is 10.1. The number of para-hydroxylation sites is 1. The second kappa shape index (κ2) is 8.56. The van der Waals surface area contributed by atoms with Crippen molar-refractivity contribution in [2.45, 2.75) is 13.0 Å². The largest absolute Gasteiger partial charge is 0.486 e. The molecule has 0 saturated heterocycles.